The lowest BCUT2D eigenvalue weighted by molar-refractivity contribution is -0.147. The second-order valence-corrected chi connectivity index (χ2v) is 8.25. The van der Waals surface area contributed by atoms with Gasteiger partial charge < -0.3 is 19.3 Å². The number of benzene rings is 2. The maximum Gasteiger partial charge on any atom is 0.327 e. The van der Waals surface area contributed by atoms with E-state index in [1.54, 1.807) is 24.1 Å². The molecule has 0 N–H and O–H groups in total. The highest BCUT2D eigenvalue weighted by molar-refractivity contribution is 5.93. The normalized spacial score (nSPS) is 15.0. The van der Waals surface area contributed by atoms with Gasteiger partial charge in [0.15, 0.2) is 0 Å². The maximum atomic E-state index is 15.1. The Kier molecular flexibility index (Phi) is 8.87. The summed E-state index contributed by atoms with van der Waals surface area (Å²) in [5.74, 6) is 0.0335. The molecule has 0 aliphatic carbocycles. The van der Waals surface area contributed by atoms with E-state index in [1.165, 1.54) is 13.2 Å². The Morgan fingerprint density at radius 2 is 1.71 bits per heavy atom. The number of carbonyl (C=O) groups is 2. The van der Waals surface area contributed by atoms with Crippen LogP contribution in [0.3, 0.4) is 0 Å². The van der Waals surface area contributed by atoms with Crippen molar-refractivity contribution in [3.05, 3.63) is 53.8 Å². The summed E-state index contributed by atoms with van der Waals surface area (Å²) in [6, 6.07) is 11.8. The van der Waals surface area contributed by atoms with Crippen LogP contribution in [0.1, 0.15) is 38.3 Å². The predicted molar refractivity (Wildman–Crippen MR) is 131 cm³/mol. The molecule has 8 heteroatoms. The van der Waals surface area contributed by atoms with Gasteiger partial charge in [-0.1, -0.05) is 19.1 Å². The van der Waals surface area contributed by atoms with E-state index in [0.29, 0.717) is 56.3 Å². The highest BCUT2D eigenvalue weighted by atomic mass is 19.1. The average Bonchev–Trinajstić information content (AvgIpc) is 2.86. The third-order valence-corrected chi connectivity index (χ3v) is 6.20. The third-order valence-electron chi connectivity index (χ3n) is 6.20. The van der Waals surface area contributed by atoms with Crippen LogP contribution in [0.5, 0.6) is 5.75 Å². The van der Waals surface area contributed by atoms with E-state index in [0.717, 1.165) is 12.0 Å². The van der Waals surface area contributed by atoms with Crippen LogP contribution in [0.2, 0.25) is 0 Å². The molecule has 3 rings (SSSR count). The van der Waals surface area contributed by atoms with Crippen LogP contribution in [0.4, 0.5) is 15.8 Å². The Bertz CT molecular complexity index is 975. The molecule has 1 atom stereocenters. The van der Waals surface area contributed by atoms with Crippen molar-refractivity contribution < 1.29 is 23.5 Å². The summed E-state index contributed by atoms with van der Waals surface area (Å²) in [7, 11) is 2.98. The number of rotatable bonds is 9. The summed E-state index contributed by atoms with van der Waals surface area (Å²) in [5, 5.41) is 0. The first-order valence-corrected chi connectivity index (χ1v) is 11.7. The number of hydrogen-bond donors (Lipinski definition) is 0. The summed E-state index contributed by atoms with van der Waals surface area (Å²) in [4.78, 5) is 30.6. The molecule has 34 heavy (non-hydrogen) atoms. The Balaban J connectivity index is 1.72. The van der Waals surface area contributed by atoms with Crippen LogP contribution in [-0.2, 0) is 14.3 Å². The predicted octanol–water partition coefficient (Wildman–Crippen LogP) is 4.02. The van der Waals surface area contributed by atoms with Crippen molar-refractivity contribution in [2.75, 3.05) is 56.7 Å². The topological polar surface area (TPSA) is 62.3 Å². The fraction of sp³-hybridized carbons (Fsp3) is 0.462. The number of anilines is 2. The van der Waals surface area contributed by atoms with E-state index >= 15 is 4.39 Å². The summed E-state index contributed by atoms with van der Waals surface area (Å²) < 4.78 is 25.4. The molecule has 2 aromatic rings. The van der Waals surface area contributed by atoms with E-state index < -0.39 is 6.04 Å². The number of halogens is 1. The average molecular weight is 472 g/mol. The van der Waals surface area contributed by atoms with Gasteiger partial charge >= 0.3 is 5.97 Å². The van der Waals surface area contributed by atoms with Gasteiger partial charge in [-0.05, 0) is 49.2 Å². The molecular weight excluding hydrogens is 437 g/mol. The second kappa shape index (κ2) is 11.8. The van der Waals surface area contributed by atoms with Crippen molar-refractivity contribution in [1.82, 2.24) is 4.90 Å². The van der Waals surface area contributed by atoms with Crippen LogP contribution >= 0.6 is 0 Å². The lowest BCUT2D eigenvalue weighted by Crippen LogP contribution is -2.49. The van der Waals surface area contributed by atoms with Crippen molar-refractivity contribution in [2.45, 2.75) is 32.7 Å². The highest BCUT2D eigenvalue weighted by Crippen LogP contribution is 2.30. The van der Waals surface area contributed by atoms with Gasteiger partial charge in [-0.2, -0.15) is 0 Å². The van der Waals surface area contributed by atoms with Gasteiger partial charge in [-0.15, -0.1) is 0 Å². The van der Waals surface area contributed by atoms with E-state index in [1.807, 2.05) is 43.0 Å². The molecule has 1 amide bonds. The molecule has 1 heterocycles. The molecule has 1 fully saturated rings. The van der Waals surface area contributed by atoms with Crippen LogP contribution in [0, 0.1) is 5.82 Å². The van der Waals surface area contributed by atoms with E-state index in [9.17, 15) is 9.59 Å². The van der Waals surface area contributed by atoms with Crippen molar-refractivity contribution in [2.24, 2.45) is 0 Å². The molecular formula is C26H34FN3O4. The molecule has 0 aromatic heterocycles. The third kappa shape index (κ3) is 5.67. The Hall–Kier alpha value is -3.13. The minimum atomic E-state index is -0.534. The molecule has 1 saturated heterocycles. The molecule has 0 bridgehead atoms. The molecule has 0 spiro atoms. The summed E-state index contributed by atoms with van der Waals surface area (Å²) in [6.45, 7) is 6.61. The molecule has 0 saturated carbocycles. The molecule has 1 unspecified atom stereocenters. The van der Waals surface area contributed by atoms with Gasteiger partial charge in [-0.3, -0.25) is 9.69 Å². The van der Waals surface area contributed by atoms with Gasteiger partial charge in [0, 0.05) is 44.8 Å². The van der Waals surface area contributed by atoms with Crippen molar-refractivity contribution >= 4 is 23.3 Å². The van der Waals surface area contributed by atoms with Crippen LogP contribution < -0.4 is 14.5 Å². The molecule has 1 aliphatic rings. The minimum absolute atomic E-state index is 0.00171. The number of methoxy groups -OCH3 is 2. The quantitative estimate of drug-likeness (QED) is 0.515. The van der Waals surface area contributed by atoms with Gasteiger partial charge in [0.2, 0.25) is 5.91 Å². The standard InChI is InChI=1S/C26H34FN3O4/c1-5-7-24(31)30(6-2)20-10-13-23(22(27)18-20)28-14-16-29(17-15-28)25(26(32)34-4)19-8-11-21(33-3)12-9-19/h8-13,18,25H,5-7,14-17H2,1-4H3. The zero-order chi connectivity index (χ0) is 24.7. The summed E-state index contributed by atoms with van der Waals surface area (Å²) in [6.07, 6.45) is 1.19. The first kappa shape index (κ1) is 25.5. The monoisotopic (exact) mass is 471 g/mol. The molecule has 184 valence electrons. The number of nitrogens with zero attached hydrogens (tertiary/aromatic N) is 3. The number of ether oxygens (including phenoxy) is 2. The fourth-order valence-corrected chi connectivity index (χ4v) is 4.39. The number of esters is 1. The lowest BCUT2D eigenvalue weighted by Gasteiger charge is -2.39. The zero-order valence-electron chi connectivity index (χ0n) is 20.4. The Morgan fingerprint density at radius 3 is 2.24 bits per heavy atom. The molecule has 1 aliphatic heterocycles. The summed E-state index contributed by atoms with van der Waals surface area (Å²) >= 11 is 0. The van der Waals surface area contributed by atoms with Crippen LogP contribution in [0.25, 0.3) is 0 Å². The summed E-state index contributed by atoms with van der Waals surface area (Å²) in [5.41, 5.74) is 1.90. The molecule has 2 aromatic carbocycles. The van der Waals surface area contributed by atoms with E-state index in [4.69, 9.17) is 9.47 Å². The molecule has 7 nitrogen and oxygen atoms in total. The SMILES string of the molecule is CCCC(=O)N(CC)c1ccc(N2CCN(C(C(=O)OC)c3ccc(OC)cc3)CC2)c(F)c1. The van der Waals surface area contributed by atoms with E-state index in [2.05, 4.69) is 4.90 Å². The van der Waals surface area contributed by atoms with Gasteiger partial charge in [0.25, 0.3) is 0 Å². The first-order chi connectivity index (χ1) is 16.4. The van der Waals surface area contributed by atoms with Crippen molar-refractivity contribution in [3.63, 3.8) is 0 Å². The van der Waals surface area contributed by atoms with Gasteiger partial charge in [-0.25, -0.2) is 9.18 Å². The smallest absolute Gasteiger partial charge is 0.327 e. The van der Waals surface area contributed by atoms with Crippen molar-refractivity contribution in [1.29, 1.82) is 0 Å². The Morgan fingerprint density at radius 1 is 1.03 bits per heavy atom. The minimum Gasteiger partial charge on any atom is -0.497 e. The number of carbonyl (C=O) groups excluding carboxylic acids is 2. The second-order valence-electron chi connectivity index (χ2n) is 8.25. The molecule has 0 radical (unpaired) electrons. The van der Waals surface area contributed by atoms with E-state index in [-0.39, 0.29) is 17.7 Å². The number of piperazine rings is 1. The maximum absolute atomic E-state index is 15.1. The lowest BCUT2D eigenvalue weighted by atomic mass is 10.0. The highest BCUT2D eigenvalue weighted by Gasteiger charge is 2.32. The number of amides is 1. The Labute approximate surface area is 201 Å². The zero-order valence-corrected chi connectivity index (χ0v) is 20.4. The van der Waals surface area contributed by atoms with Crippen molar-refractivity contribution in [3.8, 4) is 5.75 Å². The fourth-order valence-electron chi connectivity index (χ4n) is 4.39. The van der Waals surface area contributed by atoms with Gasteiger partial charge in [0.1, 0.15) is 17.6 Å². The van der Waals surface area contributed by atoms with Crippen LogP contribution in [0.15, 0.2) is 42.5 Å². The van der Waals surface area contributed by atoms with Crippen LogP contribution in [-0.4, -0.2) is 63.7 Å². The largest absolute Gasteiger partial charge is 0.497 e. The van der Waals surface area contributed by atoms with Gasteiger partial charge in [0.05, 0.1) is 19.9 Å². The number of hydrogen-bond acceptors (Lipinski definition) is 6. The first-order valence-electron chi connectivity index (χ1n) is 11.7.